The van der Waals surface area contributed by atoms with Crippen LogP contribution in [0.4, 0.5) is 5.69 Å². The Kier molecular flexibility index (Phi) is 3.10. The predicted molar refractivity (Wildman–Crippen MR) is 63.2 cm³/mol. The minimum absolute atomic E-state index is 0.285. The normalized spacial score (nSPS) is 10.3. The van der Waals surface area contributed by atoms with E-state index in [0.717, 1.165) is 5.56 Å². The number of pyridine rings is 1. The molecule has 0 fully saturated rings. The van der Waals surface area contributed by atoms with Crippen LogP contribution in [0.3, 0.4) is 0 Å². The summed E-state index contributed by atoms with van der Waals surface area (Å²) < 4.78 is 4.82. The second kappa shape index (κ2) is 4.55. The summed E-state index contributed by atoms with van der Waals surface area (Å²) in [5.74, 6) is 0.188. The third kappa shape index (κ3) is 2.45. The van der Waals surface area contributed by atoms with Gasteiger partial charge in [0.15, 0.2) is 0 Å². The molecule has 0 aliphatic rings. The Balaban J connectivity index is 2.19. The van der Waals surface area contributed by atoms with Crippen LogP contribution in [0.1, 0.15) is 21.7 Å². The number of amides is 1. The Morgan fingerprint density at radius 3 is 2.76 bits per heavy atom. The highest BCUT2D eigenvalue weighted by Crippen LogP contribution is 2.17. The minimum atomic E-state index is -0.285. The molecule has 0 aliphatic carbocycles. The summed E-state index contributed by atoms with van der Waals surface area (Å²) in [6.07, 6.45) is 2.87. The Morgan fingerprint density at radius 2 is 2.18 bits per heavy atom. The first-order valence-corrected chi connectivity index (χ1v) is 5.30. The van der Waals surface area contributed by atoms with Gasteiger partial charge in [-0.05, 0) is 25.5 Å². The van der Waals surface area contributed by atoms with E-state index < -0.39 is 0 Å². The van der Waals surface area contributed by atoms with Crippen LogP contribution in [-0.2, 0) is 0 Å². The maximum absolute atomic E-state index is 11.8. The average Bonchev–Trinajstić information content (AvgIpc) is 2.70. The van der Waals surface area contributed by atoms with Crippen molar-refractivity contribution in [3.63, 3.8) is 0 Å². The third-order valence-corrected chi connectivity index (χ3v) is 2.66. The zero-order chi connectivity index (χ0) is 12.4. The van der Waals surface area contributed by atoms with Crippen LogP contribution in [0.5, 0.6) is 0 Å². The zero-order valence-electron chi connectivity index (χ0n) is 9.32. The van der Waals surface area contributed by atoms with Crippen LogP contribution < -0.4 is 5.32 Å². The van der Waals surface area contributed by atoms with Gasteiger partial charge in [-0.2, -0.15) is 0 Å². The molecule has 0 aromatic carbocycles. The van der Waals surface area contributed by atoms with Gasteiger partial charge in [-0.15, -0.1) is 0 Å². The number of nitrogens with zero attached hydrogens (tertiary/aromatic N) is 2. The van der Waals surface area contributed by atoms with E-state index in [2.05, 4.69) is 15.5 Å². The molecule has 1 amide bonds. The van der Waals surface area contributed by atoms with E-state index >= 15 is 0 Å². The van der Waals surface area contributed by atoms with Crippen molar-refractivity contribution in [1.82, 2.24) is 10.1 Å². The van der Waals surface area contributed by atoms with Crippen LogP contribution in [-0.4, -0.2) is 16.0 Å². The van der Waals surface area contributed by atoms with Crippen LogP contribution in [0.2, 0.25) is 5.15 Å². The van der Waals surface area contributed by atoms with Gasteiger partial charge in [0, 0.05) is 0 Å². The highest BCUT2D eigenvalue weighted by Gasteiger charge is 2.13. The quantitative estimate of drug-likeness (QED) is 0.833. The number of aryl methyl sites for hydroxylation is 2. The number of anilines is 1. The summed E-state index contributed by atoms with van der Waals surface area (Å²) in [6.45, 7) is 3.49. The molecule has 1 N–H and O–H groups in total. The standard InChI is InChI=1S/C11H10ClN3O2/c1-6-3-8(4-13-10(6)12)15-11(16)9-5-14-17-7(9)2/h3-5H,1-2H3,(H,15,16). The maximum Gasteiger partial charge on any atom is 0.260 e. The number of carbonyl (C=O) groups excluding carboxylic acids is 1. The first kappa shape index (κ1) is 11.6. The molecule has 0 unspecified atom stereocenters. The van der Waals surface area contributed by atoms with Crippen molar-refractivity contribution in [2.24, 2.45) is 0 Å². The molecule has 17 heavy (non-hydrogen) atoms. The number of nitrogens with one attached hydrogen (secondary N) is 1. The van der Waals surface area contributed by atoms with E-state index in [0.29, 0.717) is 22.2 Å². The summed E-state index contributed by atoms with van der Waals surface area (Å²) in [4.78, 5) is 15.8. The lowest BCUT2D eigenvalue weighted by molar-refractivity contribution is 0.102. The first-order chi connectivity index (χ1) is 8.08. The van der Waals surface area contributed by atoms with Crippen molar-refractivity contribution in [1.29, 1.82) is 0 Å². The Bertz CT molecular complexity index is 566. The molecule has 2 rings (SSSR count). The van der Waals surface area contributed by atoms with E-state index in [-0.39, 0.29) is 5.91 Å². The van der Waals surface area contributed by atoms with Crippen molar-refractivity contribution in [2.45, 2.75) is 13.8 Å². The number of hydrogen-bond donors (Lipinski definition) is 1. The molecule has 2 aromatic heterocycles. The molecule has 2 heterocycles. The zero-order valence-corrected chi connectivity index (χ0v) is 10.1. The minimum Gasteiger partial charge on any atom is -0.361 e. The molecule has 2 aromatic rings. The van der Waals surface area contributed by atoms with E-state index in [4.69, 9.17) is 16.1 Å². The van der Waals surface area contributed by atoms with Gasteiger partial charge < -0.3 is 9.84 Å². The second-order valence-electron chi connectivity index (χ2n) is 3.58. The summed E-state index contributed by atoms with van der Waals surface area (Å²) >= 11 is 5.79. The molecular formula is C11H10ClN3O2. The van der Waals surface area contributed by atoms with Crippen LogP contribution in [0.25, 0.3) is 0 Å². The summed E-state index contributed by atoms with van der Waals surface area (Å²) in [7, 11) is 0. The monoisotopic (exact) mass is 251 g/mol. The van der Waals surface area contributed by atoms with Crippen molar-refractivity contribution in [3.05, 3.63) is 40.5 Å². The highest BCUT2D eigenvalue weighted by atomic mass is 35.5. The third-order valence-electron chi connectivity index (χ3n) is 2.27. The molecule has 0 saturated heterocycles. The fourth-order valence-electron chi connectivity index (χ4n) is 1.34. The van der Waals surface area contributed by atoms with Crippen LogP contribution in [0.15, 0.2) is 23.0 Å². The van der Waals surface area contributed by atoms with Crippen molar-refractivity contribution in [2.75, 3.05) is 5.32 Å². The van der Waals surface area contributed by atoms with Gasteiger partial charge in [-0.25, -0.2) is 4.98 Å². The molecule has 88 valence electrons. The van der Waals surface area contributed by atoms with Gasteiger partial charge in [0.05, 0.1) is 18.1 Å². The van der Waals surface area contributed by atoms with E-state index in [9.17, 15) is 4.79 Å². The predicted octanol–water partition coefficient (Wildman–Crippen LogP) is 2.59. The Hall–Kier alpha value is -1.88. The van der Waals surface area contributed by atoms with Gasteiger partial charge >= 0.3 is 0 Å². The van der Waals surface area contributed by atoms with Gasteiger partial charge in [-0.1, -0.05) is 16.8 Å². The lowest BCUT2D eigenvalue weighted by Crippen LogP contribution is -2.12. The second-order valence-corrected chi connectivity index (χ2v) is 3.94. The molecule has 6 heteroatoms. The molecular weight excluding hydrogens is 242 g/mol. The fourth-order valence-corrected chi connectivity index (χ4v) is 1.44. The van der Waals surface area contributed by atoms with Crippen molar-refractivity contribution in [3.8, 4) is 0 Å². The van der Waals surface area contributed by atoms with E-state index in [1.807, 2.05) is 6.92 Å². The molecule has 0 bridgehead atoms. The van der Waals surface area contributed by atoms with Crippen molar-refractivity contribution >= 4 is 23.2 Å². The lowest BCUT2D eigenvalue weighted by atomic mass is 10.2. The first-order valence-electron chi connectivity index (χ1n) is 4.92. The smallest absolute Gasteiger partial charge is 0.260 e. The van der Waals surface area contributed by atoms with Gasteiger partial charge in [0.2, 0.25) is 0 Å². The summed E-state index contributed by atoms with van der Waals surface area (Å²) in [5.41, 5.74) is 1.78. The van der Waals surface area contributed by atoms with Gasteiger partial charge in [-0.3, -0.25) is 4.79 Å². The van der Waals surface area contributed by atoms with E-state index in [1.54, 1.807) is 13.0 Å². The number of aromatic nitrogens is 2. The number of carbonyl (C=O) groups is 1. The van der Waals surface area contributed by atoms with Gasteiger partial charge in [0.1, 0.15) is 16.5 Å². The Morgan fingerprint density at radius 1 is 1.41 bits per heavy atom. The molecule has 0 saturated carbocycles. The topological polar surface area (TPSA) is 68.0 Å². The van der Waals surface area contributed by atoms with Crippen molar-refractivity contribution < 1.29 is 9.32 Å². The number of rotatable bonds is 2. The van der Waals surface area contributed by atoms with Crippen LogP contribution in [0, 0.1) is 13.8 Å². The number of hydrogen-bond acceptors (Lipinski definition) is 4. The summed E-state index contributed by atoms with van der Waals surface area (Å²) in [6, 6.07) is 1.75. The average molecular weight is 252 g/mol. The molecule has 0 radical (unpaired) electrons. The van der Waals surface area contributed by atoms with Gasteiger partial charge in [0.25, 0.3) is 5.91 Å². The Labute approximate surface area is 103 Å². The largest absolute Gasteiger partial charge is 0.361 e. The van der Waals surface area contributed by atoms with Crippen LogP contribution >= 0.6 is 11.6 Å². The maximum atomic E-state index is 11.8. The highest BCUT2D eigenvalue weighted by molar-refractivity contribution is 6.30. The number of halogens is 1. The molecule has 5 nitrogen and oxygen atoms in total. The SMILES string of the molecule is Cc1cc(NC(=O)c2cnoc2C)cnc1Cl. The fraction of sp³-hybridized carbons (Fsp3) is 0.182. The molecule has 0 spiro atoms. The molecule has 0 aliphatic heterocycles. The van der Waals surface area contributed by atoms with E-state index in [1.165, 1.54) is 12.4 Å². The summed E-state index contributed by atoms with van der Waals surface area (Å²) in [5, 5.41) is 6.66. The lowest BCUT2D eigenvalue weighted by Gasteiger charge is -2.05. The molecule has 0 atom stereocenters.